The van der Waals surface area contributed by atoms with Crippen LogP contribution in [0.1, 0.15) is 17.1 Å². The number of aryl methyl sites for hydroxylation is 2. The van der Waals surface area contributed by atoms with Crippen molar-refractivity contribution in [2.75, 3.05) is 26.2 Å². The highest BCUT2D eigenvalue weighted by atomic mass is 32.2. The zero-order chi connectivity index (χ0) is 27.1. The van der Waals surface area contributed by atoms with Crippen LogP contribution < -0.4 is 0 Å². The van der Waals surface area contributed by atoms with Gasteiger partial charge in [0, 0.05) is 44.2 Å². The van der Waals surface area contributed by atoms with Gasteiger partial charge >= 0.3 is 0 Å². The van der Waals surface area contributed by atoms with Crippen molar-refractivity contribution >= 4 is 20.0 Å². The molecule has 2 aromatic carbocycles. The van der Waals surface area contributed by atoms with E-state index in [-0.39, 0.29) is 54.4 Å². The topological polar surface area (TPSA) is 151 Å². The monoisotopic (exact) mass is 553 g/mol. The molecule has 0 radical (unpaired) electrons. The van der Waals surface area contributed by atoms with Crippen LogP contribution >= 0.6 is 0 Å². The third-order valence-electron chi connectivity index (χ3n) is 6.10. The molecule has 0 saturated carbocycles. The average molecular weight is 554 g/mol. The molecule has 0 amide bonds. The molecular weight excluding hydrogens is 530 g/mol. The fraction of sp³-hybridized carbons (Fsp3) is 0.240. The Bertz CT molecular complexity index is 1730. The van der Waals surface area contributed by atoms with E-state index < -0.39 is 25.1 Å². The fourth-order valence-corrected chi connectivity index (χ4v) is 7.04. The predicted octanol–water partition coefficient (Wildman–Crippen LogP) is 3.18. The lowest BCUT2D eigenvalue weighted by Gasteiger charge is -2.32. The van der Waals surface area contributed by atoms with Crippen molar-refractivity contribution in [3.8, 4) is 28.8 Å². The average Bonchev–Trinajstić information content (AvgIpc) is 3.54. The molecular formula is C25H23N5O6S2. The number of oxazole rings is 2. The van der Waals surface area contributed by atoms with Gasteiger partial charge in [0.1, 0.15) is 6.07 Å². The van der Waals surface area contributed by atoms with Gasteiger partial charge in [-0.2, -0.15) is 18.9 Å². The van der Waals surface area contributed by atoms with E-state index in [2.05, 4.69) is 9.97 Å². The van der Waals surface area contributed by atoms with Crippen LogP contribution in [0.25, 0.3) is 22.8 Å². The van der Waals surface area contributed by atoms with Gasteiger partial charge < -0.3 is 8.83 Å². The minimum Gasteiger partial charge on any atom is -0.440 e. The summed E-state index contributed by atoms with van der Waals surface area (Å²) in [6.45, 7) is 2.92. The van der Waals surface area contributed by atoms with Crippen LogP contribution in [0.5, 0.6) is 0 Å². The fourth-order valence-electron chi connectivity index (χ4n) is 4.12. The lowest BCUT2D eigenvalue weighted by atomic mass is 10.1. The Kier molecular flexibility index (Phi) is 6.66. The van der Waals surface area contributed by atoms with Gasteiger partial charge in [-0.3, -0.25) is 0 Å². The van der Waals surface area contributed by atoms with Gasteiger partial charge in [-0.25, -0.2) is 21.8 Å². The summed E-state index contributed by atoms with van der Waals surface area (Å²) in [7, 11) is -8.34. The molecule has 0 aliphatic carbocycles. The minimum absolute atomic E-state index is 0.0104. The maximum atomic E-state index is 13.5. The van der Waals surface area contributed by atoms with E-state index in [1.165, 1.54) is 4.31 Å². The van der Waals surface area contributed by atoms with Crippen molar-refractivity contribution < 1.29 is 25.7 Å². The van der Waals surface area contributed by atoms with E-state index in [0.29, 0.717) is 11.1 Å². The molecule has 1 aliphatic heterocycles. The van der Waals surface area contributed by atoms with Crippen molar-refractivity contribution in [3.05, 3.63) is 71.7 Å². The second-order valence-corrected chi connectivity index (χ2v) is 12.4. The summed E-state index contributed by atoms with van der Waals surface area (Å²) in [5.41, 5.74) is 1.73. The molecule has 13 heteroatoms. The Morgan fingerprint density at radius 1 is 0.789 bits per heavy atom. The largest absolute Gasteiger partial charge is 0.440 e. The van der Waals surface area contributed by atoms with E-state index in [0.717, 1.165) is 9.87 Å². The van der Waals surface area contributed by atoms with Crippen molar-refractivity contribution in [1.82, 2.24) is 18.6 Å². The van der Waals surface area contributed by atoms with Crippen molar-refractivity contribution in [1.29, 1.82) is 5.26 Å². The van der Waals surface area contributed by atoms with Gasteiger partial charge in [0.25, 0.3) is 25.1 Å². The number of hydrogen-bond donors (Lipinski definition) is 0. The maximum absolute atomic E-state index is 13.5. The summed E-state index contributed by atoms with van der Waals surface area (Å²) in [5.74, 6) is 0.334. The molecule has 196 valence electrons. The maximum Gasteiger partial charge on any atom is 0.279 e. The molecule has 1 fully saturated rings. The van der Waals surface area contributed by atoms with Crippen LogP contribution in [0.2, 0.25) is 0 Å². The molecule has 1 saturated heterocycles. The summed E-state index contributed by atoms with van der Waals surface area (Å²) in [5, 5.41) is 8.74. The summed E-state index contributed by atoms with van der Waals surface area (Å²) in [6.07, 6.45) is 0. The standard InChI is InChI=1S/C25H23N5O6S2/c1-17-8-10-20(11-9-17)23-28-21(16-26)25(36-23)38(33,34)30-14-12-29(13-15-30)37(31,32)24-22(35-18(2)27-24)19-6-4-3-5-7-19/h3-11H,12-15H2,1-2H3. The summed E-state index contributed by atoms with van der Waals surface area (Å²) >= 11 is 0. The predicted molar refractivity (Wildman–Crippen MR) is 136 cm³/mol. The number of nitrogens with zero attached hydrogens (tertiary/aromatic N) is 5. The minimum atomic E-state index is -4.25. The van der Waals surface area contributed by atoms with Gasteiger partial charge in [-0.15, -0.1) is 0 Å². The number of rotatable bonds is 6. The summed E-state index contributed by atoms with van der Waals surface area (Å²) < 4.78 is 67.1. The van der Waals surface area contributed by atoms with Crippen LogP contribution in [-0.2, 0) is 20.0 Å². The first kappa shape index (κ1) is 25.8. The van der Waals surface area contributed by atoms with Crippen molar-refractivity contribution in [3.63, 3.8) is 0 Å². The number of hydrogen-bond acceptors (Lipinski definition) is 9. The number of nitriles is 1. The first-order valence-electron chi connectivity index (χ1n) is 11.6. The summed E-state index contributed by atoms with van der Waals surface area (Å²) in [6, 6.07) is 17.6. The van der Waals surface area contributed by atoms with Gasteiger partial charge in [0.05, 0.1) is 0 Å². The number of sulfonamides is 2. The number of piperazine rings is 1. The number of benzene rings is 2. The first-order valence-corrected chi connectivity index (χ1v) is 14.5. The van der Waals surface area contributed by atoms with E-state index >= 15 is 0 Å². The Morgan fingerprint density at radius 2 is 1.39 bits per heavy atom. The smallest absolute Gasteiger partial charge is 0.279 e. The zero-order valence-electron chi connectivity index (χ0n) is 20.5. The van der Waals surface area contributed by atoms with Gasteiger partial charge in [0.15, 0.2) is 17.3 Å². The second kappa shape index (κ2) is 9.80. The molecule has 3 heterocycles. The van der Waals surface area contributed by atoms with E-state index in [9.17, 15) is 22.1 Å². The first-order chi connectivity index (χ1) is 18.1. The third-order valence-corrected chi connectivity index (χ3v) is 9.70. The Labute approximate surface area is 220 Å². The lowest BCUT2D eigenvalue weighted by Crippen LogP contribution is -2.50. The van der Waals surface area contributed by atoms with Crippen LogP contribution in [-0.4, -0.2) is 61.6 Å². The SMILES string of the molecule is Cc1ccc(-c2nc(C#N)c(S(=O)(=O)N3CCN(S(=O)(=O)c4nc(C)oc4-c4ccccc4)CC3)o2)cc1. The Balaban J connectivity index is 1.38. The molecule has 5 rings (SSSR count). The van der Waals surface area contributed by atoms with Crippen LogP contribution in [0.3, 0.4) is 0 Å². The zero-order valence-corrected chi connectivity index (χ0v) is 22.2. The van der Waals surface area contributed by atoms with E-state index in [4.69, 9.17) is 8.83 Å². The van der Waals surface area contributed by atoms with E-state index in [1.807, 2.05) is 19.1 Å². The highest BCUT2D eigenvalue weighted by molar-refractivity contribution is 7.89. The van der Waals surface area contributed by atoms with Gasteiger partial charge in [0.2, 0.25) is 10.9 Å². The lowest BCUT2D eigenvalue weighted by molar-refractivity contribution is 0.267. The highest BCUT2D eigenvalue weighted by Crippen LogP contribution is 2.32. The molecule has 0 atom stereocenters. The quantitative estimate of drug-likeness (QED) is 0.351. The van der Waals surface area contributed by atoms with Gasteiger partial charge in [-0.1, -0.05) is 48.0 Å². The van der Waals surface area contributed by atoms with Crippen molar-refractivity contribution in [2.45, 2.75) is 24.0 Å². The molecule has 0 unspecified atom stereocenters. The molecule has 0 spiro atoms. The third kappa shape index (κ3) is 4.63. The molecule has 11 nitrogen and oxygen atoms in total. The van der Waals surface area contributed by atoms with Crippen LogP contribution in [0.4, 0.5) is 0 Å². The van der Waals surface area contributed by atoms with E-state index in [1.54, 1.807) is 55.5 Å². The molecule has 4 aromatic rings. The number of aromatic nitrogens is 2. The molecule has 2 aromatic heterocycles. The second-order valence-electron chi connectivity index (χ2n) is 8.67. The molecule has 0 bridgehead atoms. The Hall–Kier alpha value is -3.83. The Morgan fingerprint density at radius 3 is 2.00 bits per heavy atom. The summed E-state index contributed by atoms with van der Waals surface area (Å²) in [4.78, 5) is 8.19. The molecule has 38 heavy (non-hydrogen) atoms. The van der Waals surface area contributed by atoms with Crippen LogP contribution in [0, 0.1) is 25.2 Å². The molecule has 0 N–H and O–H groups in total. The normalized spacial score (nSPS) is 15.4. The highest BCUT2D eigenvalue weighted by Gasteiger charge is 2.39. The van der Waals surface area contributed by atoms with Crippen LogP contribution in [0.15, 0.2) is 73.5 Å². The van der Waals surface area contributed by atoms with Crippen molar-refractivity contribution in [2.24, 2.45) is 0 Å². The molecule has 1 aliphatic rings. The van der Waals surface area contributed by atoms with Gasteiger partial charge in [-0.05, 0) is 19.1 Å².